The first-order valence-corrected chi connectivity index (χ1v) is 12.2. The number of nitrogens with zero attached hydrogens (tertiary/aromatic N) is 2. The van der Waals surface area contributed by atoms with Crippen LogP contribution in [0.5, 0.6) is 5.75 Å². The Morgan fingerprint density at radius 3 is 2.15 bits per heavy atom. The second-order valence-corrected chi connectivity index (χ2v) is 9.77. The molecule has 0 aliphatic carbocycles. The molecule has 0 bridgehead atoms. The smallest absolute Gasteiger partial charge is 0.303 e. The van der Waals surface area contributed by atoms with Gasteiger partial charge in [-0.3, -0.25) is 9.10 Å². The highest BCUT2D eigenvalue weighted by molar-refractivity contribution is 7.90. The molecule has 7 nitrogen and oxygen atoms in total. The fraction of sp³-hybridized carbons (Fsp3) is 0.240. The van der Waals surface area contributed by atoms with Gasteiger partial charge in [0.1, 0.15) is 11.6 Å². The van der Waals surface area contributed by atoms with Crippen molar-refractivity contribution in [2.24, 2.45) is 0 Å². The third kappa shape index (κ3) is 6.12. The van der Waals surface area contributed by atoms with Crippen LogP contribution in [0.1, 0.15) is 28.4 Å². The SMILES string of the molecule is CCOc1ccc(CNC(=O)c2ccc(CN(c3ccccc3F)S(=O)(=O)N(C)C)cc2)cc1. The maximum Gasteiger partial charge on any atom is 0.303 e. The van der Waals surface area contributed by atoms with Crippen molar-refractivity contribution in [3.8, 4) is 5.75 Å². The van der Waals surface area contributed by atoms with Crippen molar-refractivity contribution in [3.63, 3.8) is 0 Å². The van der Waals surface area contributed by atoms with E-state index in [4.69, 9.17) is 4.74 Å². The maximum absolute atomic E-state index is 14.4. The van der Waals surface area contributed by atoms with Crippen LogP contribution in [-0.4, -0.2) is 39.3 Å². The summed E-state index contributed by atoms with van der Waals surface area (Å²) in [4.78, 5) is 12.5. The van der Waals surface area contributed by atoms with E-state index >= 15 is 0 Å². The van der Waals surface area contributed by atoms with Gasteiger partial charge in [-0.15, -0.1) is 0 Å². The zero-order valence-corrected chi connectivity index (χ0v) is 20.2. The Morgan fingerprint density at radius 1 is 0.941 bits per heavy atom. The number of para-hydroxylation sites is 1. The number of carbonyl (C=O) groups is 1. The zero-order valence-electron chi connectivity index (χ0n) is 19.4. The topological polar surface area (TPSA) is 79.0 Å². The number of benzene rings is 3. The summed E-state index contributed by atoms with van der Waals surface area (Å²) in [5.41, 5.74) is 1.93. The number of anilines is 1. The monoisotopic (exact) mass is 485 g/mol. The van der Waals surface area contributed by atoms with E-state index in [-0.39, 0.29) is 18.1 Å². The summed E-state index contributed by atoms with van der Waals surface area (Å²) in [5, 5.41) is 2.86. The number of ether oxygens (including phenoxy) is 1. The van der Waals surface area contributed by atoms with Crippen molar-refractivity contribution in [1.29, 1.82) is 0 Å². The highest BCUT2D eigenvalue weighted by atomic mass is 32.2. The van der Waals surface area contributed by atoms with Gasteiger partial charge >= 0.3 is 10.2 Å². The molecule has 0 saturated heterocycles. The van der Waals surface area contributed by atoms with Gasteiger partial charge in [0, 0.05) is 26.2 Å². The standard InChI is InChI=1S/C25H28FN3O4S/c1-4-33-22-15-11-19(12-16-22)17-27-25(30)21-13-9-20(10-14-21)18-29(34(31,32)28(2)3)24-8-6-5-7-23(24)26/h5-16H,4,17-18H2,1-3H3,(H,27,30). The Labute approximate surface area is 200 Å². The van der Waals surface area contributed by atoms with Gasteiger partial charge < -0.3 is 10.1 Å². The van der Waals surface area contributed by atoms with Crippen molar-refractivity contribution < 1.29 is 22.3 Å². The molecule has 1 amide bonds. The Morgan fingerprint density at radius 2 is 1.56 bits per heavy atom. The minimum atomic E-state index is -3.95. The van der Waals surface area contributed by atoms with Gasteiger partial charge in [-0.05, 0) is 54.4 Å². The molecule has 0 aliphatic rings. The van der Waals surface area contributed by atoms with Crippen LogP contribution in [0.3, 0.4) is 0 Å². The predicted octanol–water partition coefficient (Wildman–Crippen LogP) is 3.97. The Balaban J connectivity index is 1.70. The lowest BCUT2D eigenvalue weighted by Crippen LogP contribution is -2.40. The number of carbonyl (C=O) groups excluding carboxylic acids is 1. The summed E-state index contributed by atoms with van der Waals surface area (Å²) >= 11 is 0. The lowest BCUT2D eigenvalue weighted by Gasteiger charge is -2.27. The third-order valence-electron chi connectivity index (χ3n) is 5.09. The van der Waals surface area contributed by atoms with Crippen LogP contribution in [0.15, 0.2) is 72.8 Å². The highest BCUT2D eigenvalue weighted by Crippen LogP contribution is 2.25. The molecule has 0 unspecified atom stereocenters. The van der Waals surface area contributed by atoms with Crippen molar-refractivity contribution >= 4 is 21.8 Å². The average molecular weight is 486 g/mol. The molecule has 0 spiro atoms. The largest absolute Gasteiger partial charge is 0.494 e. The van der Waals surface area contributed by atoms with E-state index in [2.05, 4.69) is 5.32 Å². The van der Waals surface area contributed by atoms with Gasteiger partial charge in [-0.25, -0.2) is 4.39 Å². The van der Waals surface area contributed by atoms with Gasteiger partial charge in [-0.1, -0.05) is 36.4 Å². The second kappa shape index (κ2) is 11.1. The number of halogens is 1. The van der Waals surface area contributed by atoms with Crippen LogP contribution >= 0.6 is 0 Å². The van der Waals surface area contributed by atoms with E-state index in [0.717, 1.165) is 19.9 Å². The van der Waals surface area contributed by atoms with Crippen molar-refractivity contribution in [2.45, 2.75) is 20.0 Å². The Kier molecular flexibility index (Phi) is 8.25. The molecule has 0 aliphatic heterocycles. The molecular formula is C25H28FN3O4S. The number of hydrogen-bond donors (Lipinski definition) is 1. The van der Waals surface area contributed by atoms with E-state index in [1.807, 2.05) is 31.2 Å². The number of hydrogen-bond acceptors (Lipinski definition) is 4. The summed E-state index contributed by atoms with van der Waals surface area (Å²) in [5.74, 6) is -0.126. The van der Waals surface area contributed by atoms with Crippen LogP contribution in [0.2, 0.25) is 0 Å². The normalized spacial score (nSPS) is 11.3. The molecule has 0 fully saturated rings. The summed E-state index contributed by atoms with van der Waals surface area (Å²) in [6, 6.07) is 19.7. The van der Waals surface area contributed by atoms with Crippen LogP contribution in [-0.2, 0) is 23.3 Å². The van der Waals surface area contributed by atoms with Crippen LogP contribution in [0.4, 0.5) is 10.1 Å². The zero-order chi connectivity index (χ0) is 24.7. The number of rotatable bonds is 10. The second-order valence-electron chi connectivity index (χ2n) is 7.70. The van der Waals surface area contributed by atoms with Gasteiger partial charge in [0.15, 0.2) is 0 Å². The van der Waals surface area contributed by atoms with Gasteiger partial charge in [0.05, 0.1) is 18.8 Å². The molecule has 1 N–H and O–H groups in total. The van der Waals surface area contributed by atoms with Crippen molar-refractivity contribution in [1.82, 2.24) is 9.62 Å². The summed E-state index contributed by atoms with van der Waals surface area (Å²) in [7, 11) is -1.17. The fourth-order valence-corrected chi connectivity index (χ4v) is 4.33. The first kappa shape index (κ1) is 25.2. The fourth-order valence-electron chi connectivity index (χ4n) is 3.22. The summed E-state index contributed by atoms with van der Waals surface area (Å²) in [6.45, 7) is 2.77. The molecule has 0 heterocycles. The molecule has 180 valence electrons. The highest BCUT2D eigenvalue weighted by Gasteiger charge is 2.27. The molecule has 34 heavy (non-hydrogen) atoms. The van der Waals surface area contributed by atoms with Gasteiger partial charge in [0.25, 0.3) is 5.91 Å². The summed E-state index contributed by atoms with van der Waals surface area (Å²) < 4.78 is 47.6. The van der Waals surface area contributed by atoms with Crippen LogP contribution in [0, 0.1) is 5.82 Å². The molecule has 0 saturated carbocycles. The minimum Gasteiger partial charge on any atom is -0.494 e. The quantitative estimate of drug-likeness (QED) is 0.471. The van der Waals surface area contributed by atoms with Crippen LogP contribution < -0.4 is 14.4 Å². The van der Waals surface area contributed by atoms with E-state index in [1.54, 1.807) is 30.3 Å². The first-order chi connectivity index (χ1) is 16.2. The third-order valence-corrected chi connectivity index (χ3v) is 6.90. The summed E-state index contributed by atoms with van der Waals surface area (Å²) in [6.07, 6.45) is 0. The average Bonchev–Trinajstić information content (AvgIpc) is 2.83. The molecule has 0 aromatic heterocycles. The Hall–Kier alpha value is -3.43. The minimum absolute atomic E-state index is 0.0478. The van der Waals surface area contributed by atoms with E-state index in [0.29, 0.717) is 24.3 Å². The molecule has 0 atom stereocenters. The molecule has 3 rings (SSSR count). The van der Waals surface area contributed by atoms with E-state index < -0.39 is 16.0 Å². The molecular weight excluding hydrogens is 457 g/mol. The molecule has 9 heteroatoms. The van der Waals surface area contributed by atoms with Gasteiger partial charge in [0.2, 0.25) is 0 Å². The molecule has 0 radical (unpaired) electrons. The lowest BCUT2D eigenvalue weighted by atomic mass is 10.1. The van der Waals surface area contributed by atoms with Gasteiger partial charge in [-0.2, -0.15) is 12.7 Å². The number of nitrogens with one attached hydrogen (secondary N) is 1. The van der Waals surface area contributed by atoms with E-state index in [9.17, 15) is 17.6 Å². The predicted molar refractivity (Wildman–Crippen MR) is 130 cm³/mol. The lowest BCUT2D eigenvalue weighted by molar-refractivity contribution is 0.0951. The number of amides is 1. The molecule has 3 aromatic rings. The maximum atomic E-state index is 14.4. The van der Waals surface area contributed by atoms with E-state index in [1.165, 1.54) is 32.3 Å². The Bertz CT molecular complexity index is 1210. The molecule has 3 aromatic carbocycles. The van der Waals surface area contributed by atoms with Crippen LogP contribution in [0.25, 0.3) is 0 Å². The van der Waals surface area contributed by atoms with Crippen molar-refractivity contribution in [2.75, 3.05) is 25.0 Å². The first-order valence-electron chi connectivity index (χ1n) is 10.8. The van der Waals surface area contributed by atoms with Crippen molar-refractivity contribution in [3.05, 3.63) is 95.3 Å².